The molecule has 0 aliphatic carbocycles. The highest BCUT2D eigenvalue weighted by Crippen LogP contribution is 2.43. The molecule has 0 N–H and O–H groups in total. The molecule has 0 bridgehead atoms. The van der Waals surface area contributed by atoms with E-state index in [2.05, 4.69) is 6.07 Å². The number of halogens is 1. The van der Waals surface area contributed by atoms with Crippen LogP contribution in [0.25, 0.3) is 0 Å². The molecule has 0 amide bonds. The van der Waals surface area contributed by atoms with Gasteiger partial charge in [0.05, 0.1) is 8.55 Å². The number of ketones is 1. The summed E-state index contributed by atoms with van der Waals surface area (Å²) in [4.78, 5) is 13.2. The van der Waals surface area contributed by atoms with Crippen LogP contribution in [-0.4, -0.2) is 5.78 Å². The van der Waals surface area contributed by atoms with Crippen molar-refractivity contribution in [2.45, 2.75) is 15.5 Å². The molecule has 0 saturated heterocycles. The van der Waals surface area contributed by atoms with E-state index in [9.17, 15) is 4.79 Å². The molecule has 16 heavy (non-hydrogen) atoms. The van der Waals surface area contributed by atoms with E-state index in [0.717, 1.165) is 20.2 Å². The van der Waals surface area contributed by atoms with E-state index in [4.69, 9.17) is 11.6 Å². The molecule has 1 aromatic carbocycles. The van der Waals surface area contributed by atoms with Gasteiger partial charge < -0.3 is 0 Å². The van der Waals surface area contributed by atoms with Crippen molar-refractivity contribution in [3.8, 4) is 0 Å². The molecule has 1 nitrogen and oxygen atoms in total. The number of fused-ring (bicyclic) bond motifs is 2. The van der Waals surface area contributed by atoms with Crippen molar-refractivity contribution in [2.24, 2.45) is 0 Å². The average Bonchev–Trinajstić information content (AvgIpc) is 2.57. The van der Waals surface area contributed by atoms with Gasteiger partial charge in [-0.2, -0.15) is 0 Å². The predicted molar refractivity (Wildman–Crippen MR) is 67.9 cm³/mol. The van der Waals surface area contributed by atoms with Gasteiger partial charge in [0, 0.05) is 16.9 Å². The molecule has 0 atom stereocenters. The van der Waals surface area contributed by atoms with E-state index >= 15 is 0 Å². The Balaban J connectivity index is 2.17. The molecular weight excluding hydrogens is 260 g/mol. The first-order valence-corrected chi connectivity index (χ1v) is 6.83. The highest BCUT2D eigenvalue weighted by Gasteiger charge is 2.22. The van der Waals surface area contributed by atoms with Gasteiger partial charge in [-0.3, -0.25) is 4.79 Å². The minimum atomic E-state index is 0.163. The lowest BCUT2D eigenvalue weighted by Gasteiger charge is -2.01. The lowest BCUT2D eigenvalue weighted by Crippen LogP contribution is -2.01. The first kappa shape index (κ1) is 10.4. The van der Waals surface area contributed by atoms with E-state index in [1.54, 1.807) is 17.8 Å². The molecule has 2 aromatic rings. The summed E-state index contributed by atoms with van der Waals surface area (Å²) >= 11 is 9.07. The SMILES string of the molecule is O=C1Cc2ccccc2Sc2sc(Cl)cc21. The molecule has 3 rings (SSSR count). The minimum Gasteiger partial charge on any atom is -0.294 e. The first-order valence-electron chi connectivity index (χ1n) is 4.82. The second-order valence-electron chi connectivity index (χ2n) is 3.56. The molecule has 0 unspecified atom stereocenters. The predicted octanol–water partition coefficient (Wildman–Crippen LogP) is 4.29. The van der Waals surface area contributed by atoms with Crippen LogP contribution >= 0.6 is 34.7 Å². The van der Waals surface area contributed by atoms with Crippen molar-refractivity contribution in [3.63, 3.8) is 0 Å². The lowest BCUT2D eigenvalue weighted by molar-refractivity contribution is 0.0991. The maximum absolute atomic E-state index is 12.0. The van der Waals surface area contributed by atoms with Crippen molar-refractivity contribution >= 4 is 40.5 Å². The molecule has 80 valence electrons. The van der Waals surface area contributed by atoms with Gasteiger partial charge in [-0.15, -0.1) is 11.3 Å². The Kier molecular flexibility index (Phi) is 2.54. The summed E-state index contributed by atoms with van der Waals surface area (Å²) in [6, 6.07) is 9.81. The summed E-state index contributed by atoms with van der Waals surface area (Å²) in [5, 5.41) is 0. The molecule has 0 spiro atoms. The van der Waals surface area contributed by atoms with Crippen LogP contribution in [0.5, 0.6) is 0 Å². The van der Waals surface area contributed by atoms with Crippen LogP contribution in [0.2, 0.25) is 4.34 Å². The molecule has 0 saturated carbocycles. The van der Waals surface area contributed by atoms with Gasteiger partial charge in [-0.1, -0.05) is 41.6 Å². The number of hydrogen-bond donors (Lipinski definition) is 0. The summed E-state index contributed by atoms with van der Waals surface area (Å²) < 4.78 is 1.70. The van der Waals surface area contributed by atoms with E-state index in [1.165, 1.54) is 11.3 Å². The topological polar surface area (TPSA) is 17.1 Å². The maximum Gasteiger partial charge on any atom is 0.169 e. The van der Waals surface area contributed by atoms with Crippen molar-refractivity contribution < 1.29 is 4.79 Å². The Morgan fingerprint density at radius 1 is 1.25 bits per heavy atom. The number of carbonyl (C=O) groups is 1. The van der Waals surface area contributed by atoms with E-state index < -0.39 is 0 Å². The quantitative estimate of drug-likeness (QED) is 0.708. The molecule has 0 fully saturated rings. The van der Waals surface area contributed by atoms with Gasteiger partial charge in [0.15, 0.2) is 5.78 Å². The van der Waals surface area contributed by atoms with Gasteiger partial charge in [0.25, 0.3) is 0 Å². The smallest absolute Gasteiger partial charge is 0.169 e. The fourth-order valence-corrected chi connectivity index (χ4v) is 4.45. The summed E-state index contributed by atoms with van der Waals surface area (Å²) in [5.41, 5.74) is 1.88. The number of benzene rings is 1. The van der Waals surface area contributed by atoms with Crippen molar-refractivity contribution in [2.75, 3.05) is 0 Å². The molecular formula is C12H7ClOS2. The molecule has 1 aliphatic rings. The molecule has 1 aromatic heterocycles. The Morgan fingerprint density at radius 2 is 2.06 bits per heavy atom. The van der Waals surface area contributed by atoms with Crippen molar-refractivity contribution in [1.29, 1.82) is 0 Å². The van der Waals surface area contributed by atoms with Crippen LogP contribution in [0.4, 0.5) is 0 Å². The maximum atomic E-state index is 12.0. The normalized spacial score (nSPS) is 14.2. The summed E-state index contributed by atoms with van der Waals surface area (Å²) in [6.45, 7) is 0. The summed E-state index contributed by atoms with van der Waals surface area (Å²) in [5.74, 6) is 0.163. The number of thiophene rings is 1. The van der Waals surface area contributed by atoms with Crippen LogP contribution < -0.4 is 0 Å². The van der Waals surface area contributed by atoms with Gasteiger partial charge in [-0.05, 0) is 17.7 Å². The fourth-order valence-electron chi connectivity index (χ4n) is 1.73. The van der Waals surface area contributed by atoms with Gasteiger partial charge in [0.2, 0.25) is 0 Å². The largest absolute Gasteiger partial charge is 0.294 e. The van der Waals surface area contributed by atoms with Gasteiger partial charge in [0.1, 0.15) is 0 Å². The van der Waals surface area contributed by atoms with Crippen LogP contribution in [-0.2, 0) is 6.42 Å². The third-order valence-corrected chi connectivity index (χ3v) is 5.08. The molecule has 1 aliphatic heterocycles. The lowest BCUT2D eigenvalue weighted by atomic mass is 10.1. The molecule has 0 radical (unpaired) electrons. The zero-order valence-corrected chi connectivity index (χ0v) is 10.6. The standard InChI is InChI=1S/C12H7ClOS2/c13-11-6-8-9(14)5-7-3-1-2-4-10(7)15-12(8)16-11/h1-4,6H,5H2. The zero-order valence-electron chi connectivity index (χ0n) is 8.20. The molecule has 4 heteroatoms. The fraction of sp³-hybridized carbons (Fsp3) is 0.0833. The van der Waals surface area contributed by atoms with Crippen LogP contribution in [0.3, 0.4) is 0 Å². The first-order chi connectivity index (χ1) is 7.74. The van der Waals surface area contributed by atoms with E-state index in [0.29, 0.717) is 10.8 Å². The third-order valence-electron chi connectivity index (χ3n) is 2.49. The van der Waals surface area contributed by atoms with Crippen LogP contribution in [0.15, 0.2) is 39.4 Å². The summed E-state index contributed by atoms with van der Waals surface area (Å²) in [6.07, 6.45) is 0.475. The van der Waals surface area contributed by atoms with Crippen molar-refractivity contribution in [1.82, 2.24) is 0 Å². The summed E-state index contributed by atoms with van der Waals surface area (Å²) in [7, 11) is 0. The van der Waals surface area contributed by atoms with E-state index in [-0.39, 0.29) is 5.78 Å². The van der Waals surface area contributed by atoms with Gasteiger partial charge in [-0.25, -0.2) is 0 Å². The Morgan fingerprint density at radius 3 is 2.94 bits per heavy atom. The highest BCUT2D eigenvalue weighted by atomic mass is 35.5. The second kappa shape index (κ2) is 3.91. The Hall–Kier alpha value is -0.770. The second-order valence-corrected chi connectivity index (χ2v) is 6.56. The van der Waals surface area contributed by atoms with Crippen LogP contribution in [0, 0.1) is 0 Å². The average molecular weight is 267 g/mol. The number of hydrogen-bond acceptors (Lipinski definition) is 3. The minimum absolute atomic E-state index is 0.163. The monoisotopic (exact) mass is 266 g/mol. The number of rotatable bonds is 0. The van der Waals surface area contributed by atoms with Crippen LogP contribution in [0.1, 0.15) is 15.9 Å². The zero-order chi connectivity index (χ0) is 11.1. The Labute approximate surface area is 106 Å². The van der Waals surface area contributed by atoms with Crippen molar-refractivity contribution in [3.05, 3.63) is 45.8 Å². The van der Waals surface area contributed by atoms with Gasteiger partial charge >= 0.3 is 0 Å². The number of carbonyl (C=O) groups excluding carboxylic acids is 1. The van der Waals surface area contributed by atoms with E-state index in [1.807, 2.05) is 18.2 Å². The number of Topliss-reactive ketones (excluding diaryl/α,β-unsaturated/α-hetero) is 1. The third kappa shape index (κ3) is 1.69. The highest BCUT2D eigenvalue weighted by molar-refractivity contribution is 8.01. The Bertz CT molecular complexity index is 574. The molecule has 2 heterocycles.